The van der Waals surface area contributed by atoms with E-state index in [-0.39, 0.29) is 5.54 Å². The Labute approximate surface area is 118 Å². The molecule has 2 fully saturated rings. The third-order valence-corrected chi connectivity index (χ3v) is 5.27. The topological polar surface area (TPSA) is 32.3 Å². The van der Waals surface area contributed by atoms with Crippen molar-refractivity contribution in [2.45, 2.75) is 70.3 Å². The minimum atomic E-state index is 0.0857. The van der Waals surface area contributed by atoms with Crippen molar-refractivity contribution < 1.29 is 4.79 Å². The van der Waals surface area contributed by atoms with Crippen LogP contribution in [0.15, 0.2) is 0 Å². The summed E-state index contributed by atoms with van der Waals surface area (Å²) >= 11 is 0. The molecule has 0 atom stereocenters. The highest BCUT2D eigenvalue weighted by Gasteiger charge is 2.34. The monoisotopic (exact) mass is 266 g/mol. The predicted molar refractivity (Wildman–Crippen MR) is 79.1 cm³/mol. The van der Waals surface area contributed by atoms with Gasteiger partial charge in [0.05, 0.1) is 0 Å². The minimum Gasteiger partial charge on any atom is -0.343 e. The van der Waals surface area contributed by atoms with Crippen LogP contribution in [-0.4, -0.2) is 36.5 Å². The second-order valence-corrected chi connectivity index (χ2v) is 6.50. The van der Waals surface area contributed by atoms with Gasteiger partial charge in [-0.05, 0) is 45.6 Å². The van der Waals surface area contributed by atoms with Gasteiger partial charge in [0.15, 0.2) is 0 Å². The lowest BCUT2D eigenvalue weighted by Gasteiger charge is -2.39. The van der Waals surface area contributed by atoms with Gasteiger partial charge in [0.1, 0.15) is 0 Å². The lowest BCUT2D eigenvalue weighted by molar-refractivity contribution is -0.134. The molecule has 0 unspecified atom stereocenters. The molecule has 2 aliphatic carbocycles. The number of rotatable bonds is 6. The van der Waals surface area contributed by atoms with Crippen LogP contribution in [0.3, 0.4) is 0 Å². The van der Waals surface area contributed by atoms with E-state index in [0.29, 0.717) is 12.3 Å². The van der Waals surface area contributed by atoms with Crippen molar-refractivity contribution in [3.63, 3.8) is 0 Å². The first-order chi connectivity index (χ1) is 9.19. The molecule has 0 saturated heterocycles. The molecule has 1 N–H and O–H groups in total. The molecule has 0 aromatic heterocycles. The zero-order valence-corrected chi connectivity index (χ0v) is 12.7. The van der Waals surface area contributed by atoms with Crippen LogP contribution in [0.25, 0.3) is 0 Å². The fraction of sp³-hybridized carbons (Fsp3) is 0.938. The summed E-state index contributed by atoms with van der Waals surface area (Å²) in [7, 11) is 2.03. The van der Waals surface area contributed by atoms with Crippen molar-refractivity contribution in [2.24, 2.45) is 5.92 Å². The third kappa shape index (κ3) is 3.71. The zero-order chi connectivity index (χ0) is 13.7. The fourth-order valence-electron chi connectivity index (χ4n) is 3.54. The summed E-state index contributed by atoms with van der Waals surface area (Å²) in [5.41, 5.74) is 0.0857. The number of nitrogens with zero attached hydrogens (tertiary/aromatic N) is 1. The Balaban J connectivity index is 1.88. The molecule has 0 bridgehead atoms. The average Bonchev–Trinajstić information content (AvgIpc) is 2.38. The summed E-state index contributed by atoms with van der Waals surface area (Å²) in [5.74, 6) is 1.14. The first kappa shape index (κ1) is 14.8. The summed E-state index contributed by atoms with van der Waals surface area (Å²) in [6.45, 7) is 3.98. The van der Waals surface area contributed by atoms with Crippen LogP contribution in [0.1, 0.15) is 64.7 Å². The molecule has 0 aromatic rings. The van der Waals surface area contributed by atoms with Crippen molar-refractivity contribution in [3.05, 3.63) is 0 Å². The van der Waals surface area contributed by atoms with Gasteiger partial charge in [-0.1, -0.05) is 25.7 Å². The lowest BCUT2D eigenvalue weighted by Crippen LogP contribution is -2.49. The summed E-state index contributed by atoms with van der Waals surface area (Å²) in [4.78, 5) is 14.7. The molecule has 0 heterocycles. The number of hydrogen-bond donors (Lipinski definition) is 1. The zero-order valence-electron chi connectivity index (χ0n) is 12.7. The van der Waals surface area contributed by atoms with Crippen LogP contribution in [0.4, 0.5) is 0 Å². The van der Waals surface area contributed by atoms with Gasteiger partial charge in [0.2, 0.25) is 5.91 Å². The Bertz CT molecular complexity index is 293. The molecular weight excluding hydrogens is 236 g/mol. The SMILES string of the molecule is CCN(CC1CCC1)C(=O)CC1(NC)CCCCC1. The first-order valence-corrected chi connectivity index (χ1v) is 8.16. The molecule has 0 radical (unpaired) electrons. The maximum absolute atomic E-state index is 12.6. The molecule has 0 aromatic carbocycles. The third-order valence-electron chi connectivity index (χ3n) is 5.27. The van der Waals surface area contributed by atoms with E-state index in [0.717, 1.165) is 31.8 Å². The van der Waals surface area contributed by atoms with Gasteiger partial charge in [-0.3, -0.25) is 4.79 Å². The molecule has 19 heavy (non-hydrogen) atoms. The molecule has 2 rings (SSSR count). The molecule has 2 saturated carbocycles. The summed E-state index contributed by atoms with van der Waals surface area (Å²) < 4.78 is 0. The van der Waals surface area contributed by atoms with Crippen molar-refractivity contribution in [2.75, 3.05) is 20.1 Å². The van der Waals surface area contributed by atoms with Gasteiger partial charge >= 0.3 is 0 Å². The molecule has 0 spiro atoms. The highest BCUT2D eigenvalue weighted by molar-refractivity contribution is 5.77. The minimum absolute atomic E-state index is 0.0857. The van der Waals surface area contributed by atoms with Gasteiger partial charge in [0.25, 0.3) is 0 Å². The normalized spacial score (nSPS) is 22.8. The summed E-state index contributed by atoms with van der Waals surface area (Å²) in [6, 6.07) is 0. The van der Waals surface area contributed by atoms with Crippen molar-refractivity contribution in [1.29, 1.82) is 0 Å². The van der Waals surface area contributed by atoms with E-state index in [1.54, 1.807) is 0 Å². The standard InChI is InChI=1S/C16H30N2O/c1-3-18(13-14-8-7-9-14)15(19)12-16(17-2)10-5-4-6-11-16/h14,17H,3-13H2,1-2H3. The number of hydrogen-bond acceptors (Lipinski definition) is 2. The smallest absolute Gasteiger partial charge is 0.224 e. The Hall–Kier alpha value is -0.570. The van der Waals surface area contributed by atoms with E-state index < -0.39 is 0 Å². The molecular formula is C16H30N2O. The maximum atomic E-state index is 12.6. The van der Waals surface area contributed by atoms with Crippen LogP contribution in [-0.2, 0) is 4.79 Å². The van der Waals surface area contributed by atoms with Crippen LogP contribution in [0.5, 0.6) is 0 Å². The van der Waals surface area contributed by atoms with E-state index in [4.69, 9.17) is 0 Å². The lowest BCUT2D eigenvalue weighted by atomic mass is 9.79. The van der Waals surface area contributed by atoms with Gasteiger partial charge < -0.3 is 10.2 Å². The van der Waals surface area contributed by atoms with Crippen LogP contribution in [0, 0.1) is 5.92 Å². The Morgan fingerprint density at radius 2 is 1.89 bits per heavy atom. The molecule has 3 nitrogen and oxygen atoms in total. The van der Waals surface area contributed by atoms with Gasteiger partial charge in [-0.25, -0.2) is 0 Å². The van der Waals surface area contributed by atoms with Crippen molar-refractivity contribution in [3.8, 4) is 0 Å². The van der Waals surface area contributed by atoms with E-state index >= 15 is 0 Å². The highest BCUT2D eigenvalue weighted by Crippen LogP contribution is 2.32. The van der Waals surface area contributed by atoms with E-state index in [1.165, 1.54) is 38.5 Å². The van der Waals surface area contributed by atoms with Gasteiger partial charge in [-0.2, -0.15) is 0 Å². The number of nitrogens with one attached hydrogen (secondary N) is 1. The van der Waals surface area contributed by atoms with E-state index in [1.807, 2.05) is 7.05 Å². The maximum Gasteiger partial charge on any atom is 0.224 e. The summed E-state index contributed by atoms with van der Waals surface area (Å²) in [6.07, 6.45) is 10.9. The number of carbonyl (C=O) groups excluding carboxylic acids is 1. The van der Waals surface area contributed by atoms with Gasteiger partial charge in [0, 0.05) is 25.0 Å². The predicted octanol–water partition coefficient (Wildman–Crippen LogP) is 2.95. The van der Waals surface area contributed by atoms with Gasteiger partial charge in [-0.15, -0.1) is 0 Å². The fourth-order valence-corrected chi connectivity index (χ4v) is 3.54. The Morgan fingerprint density at radius 1 is 1.21 bits per heavy atom. The molecule has 110 valence electrons. The largest absolute Gasteiger partial charge is 0.343 e. The quantitative estimate of drug-likeness (QED) is 0.801. The highest BCUT2D eigenvalue weighted by atomic mass is 16.2. The molecule has 2 aliphatic rings. The van der Waals surface area contributed by atoms with E-state index in [2.05, 4.69) is 17.1 Å². The average molecular weight is 266 g/mol. The first-order valence-electron chi connectivity index (χ1n) is 8.16. The number of amides is 1. The van der Waals surface area contributed by atoms with Crippen LogP contribution < -0.4 is 5.32 Å². The second-order valence-electron chi connectivity index (χ2n) is 6.50. The second kappa shape index (κ2) is 6.74. The molecule has 0 aliphatic heterocycles. The van der Waals surface area contributed by atoms with Crippen LogP contribution in [0.2, 0.25) is 0 Å². The molecule has 1 amide bonds. The summed E-state index contributed by atoms with van der Waals surface area (Å²) in [5, 5.41) is 3.46. The van der Waals surface area contributed by atoms with E-state index in [9.17, 15) is 4.79 Å². The van der Waals surface area contributed by atoms with Crippen molar-refractivity contribution in [1.82, 2.24) is 10.2 Å². The number of carbonyl (C=O) groups is 1. The molecule has 3 heteroatoms. The van der Waals surface area contributed by atoms with Crippen molar-refractivity contribution >= 4 is 5.91 Å². The Kier molecular flexibility index (Phi) is 5.26. The Morgan fingerprint density at radius 3 is 2.37 bits per heavy atom. The van der Waals surface area contributed by atoms with Crippen LogP contribution >= 0.6 is 0 Å².